The second kappa shape index (κ2) is 3.70. The number of rotatable bonds is 2. The predicted octanol–water partition coefficient (Wildman–Crippen LogP) is 1.57. The van der Waals surface area contributed by atoms with Gasteiger partial charge in [0, 0.05) is 6.92 Å². The first kappa shape index (κ1) is 10.8. The molecule has 0 aromatic carbocycles. The highest BCUT2D eigenvalue weighted by Crippen LogP contribution is 2.32. The van der Waals surface area contributed by atoms with E-state index in [-0.39, 0.29) is 17.6 Å². The zero-order chi connectivity index (χ0) is 11.9. The Hall–Kier alpha value is -1.72. The van der Waals surface area contributed by atoms with Crippen molar-refractivity contribution in [2.75, 3.05) is 0 Å². The number of hydrogen-bond donors (Lipinski definition) is 0. The Kier molecular flexibility index (Phi) is 2.49. The average Bonchev–Trinajstić information content (AvgIpc) is 2.56. The minimum atomic E-state index is -0.471. The molecule has 0 bridgehead atoms. The molecule has 0 fully saturated rings. The molecular formula is C10H13N3O3. The molecule has 1 aliphatic rings. The van der Waals surface area contributed by atoms with Crippen molar-refractivity contribution in [1.82, 2.24) is 9.55 Å². The number of Topliss-reactive ketones (excluding diaryl/α,β-unsaturated/α-hetero) is 1. The Morgan fingerprint density at radius 3 is 2.88 bits per heavy atom. The van der Waals surface area contributed by atoms with Crippen LogP contribution in [-0.2, 0) is 11.2 Å². The number of carbonyl (C=O) groups excluding carboxylic acids is 1. The van der Waals surface area contributed by atoms with Crippen molar-refractivity contribution in [2.24, 2.45) is 0 Å². The molecule has 2 rings (SSSR count). The van der Waals surface area contributed by atoms with Crippen LogP contribution in [0.15, 0.2) is 0 Å². The maximum absolute atomic E-state index is 11.5. The van der Waals surface area contributed by atoms with Gasteiger partial charge in [-0.3, -0.25) is 9.36 Å². The van der Waals surface area contributed by atoms with Crippen LogP contribution < -0.4 is 0 Å². The summed E-state index contributed by atoms with van der Waals surface area (Å²) in [6.07, 6.45) is 2.17. The van der Waals surface area contributed by atoms with Gasteiger partial charge in [-0.25, -0.2) is 0 Å². The molecule has 86 valence electrons. The van der Waals surface area contributed by atoms with Crippen LogP contribution in [-0.4, -0.2) is 20.3 Å². The van der Waals surface area contributed by atoms with Crippen LogP contribution >= 0.6 is 0 Å². The molecule has 0 spiro atoms. The summed E-state index contributed by atoms with van der Waals surface area (Å²) in [5.41, 5.74) is 0.592. The molecule has 1 aromatic heterocycles. The normalized spacial score (nSPS) is 19.2. The highest BCUT2D eigenvalue weighted by molar-refractivity contribution is 5.80. The van der Waals surface area contributed by atoms with Gasteiger partial charge in [-0.2, -0.15) is 0 Å². The number of ketones is 1. The topological polar surface area (TPSA) is 78.0 Å². The molecule has 0 saturated carbocycles. The van der Waals surface area contributed by atoms with Crippen molar-refractivity contribution in [1.29, 1.82) is 0 Å². The number of fused-ring (bicyclic) bond motifs is 1. The van der Waals surface area contributed by atoms with E-state index < -0.39 is 4.92 Å². The number of nitro groups is 1. The summed E-state index contributed by atoms with van der Waals surface area (Å²) in [6, 6.07) is -0.273. The molecule has 6 heteroatoms. The third-order valence-corrected chi connectivity index (χ3v) is 3.01. The van der Waals surface area contributed by atoms with Crippen LogP contribution in [0.3, 0.4) is 0 Å². The van der Waals surface area contributed by atoms with Crippen molar-refractivity contribution >= 4 is 11.6 Å². The first-order chi connectivity index (χ1) is 7.52. The fourth-order valence-corrected chi connectivity index (χ4v) is 2.34. The van der Waals surface area contributed by atoms with E-state index in [2.05, 4.69) is 4.98 Å². The lowest BCUT2D eigenvalue weighted by atomic mass is 9.99. The molecule has 0 amide bonds. The number of carbonyl (C=O) groups is 1. The zero-order valence-corrected chi connectivity index (χ0v) is 9.27. The zero-order valence-electron chi connectivity index (χ0n) is 9.27. The van der Waals surface area contributed by atoms with E-state index in [0.29, 0.717) is 17.9 Å². The minimum Gasteiger partial charge on any atom is -0.358 e. The third kappa shape index (κ3) is 1.50. The summed E-state index contributed by atoms with van der Waals surface area (Å²) in [4.78, 5) is 25.7. The van der Waals surface area contributed by atoms with Gasteiger partial charge in [-0.1, -0.05) is 0 Å². The lowest BCUT2D eigenvalue weighted by molar-refractivity contribution is -0.390. The average molecular weight is 223 g/mol. The Bertz CT molecular complexity index is 464. The van der Waals surface area contributed by atoms with Crippen LogP contribution in [0.25, 0.3) is 0 Å². The van der Waals surface area contributed by atoms with Crippen LogP contribution in [0.1, 0.15) is 37.3 Å². The molecule has 0 aliphatic carbocycles. The fourth-order valence-electron chi connectivity index (χ4n) is 2.34. The molecule has 1 aromatic rings. The van der Waals surface area contributed by atoms with E-state index in [9.17, 15) is 14.9 Å². The van der Waals surface area contributed by atoms with Crippen molar-refractivity contribution in [2.45, 2.75) is 39.2 Å². The Balaban J connectivity index is 2.57. The van der Waals surface area contributed by atoms with E-state index in [0.717, 1.165) is 12.8 Å². The summed E-state index contributed by atoms with van der Waals surface area (Å²) in [5.74, 6) is 0.501. The van der Waals surface area contributed by atoms with Gasteiger partial charge in [0.1, 0.15) is 5.69 Å². The fraction of sp³-hybridized carbons (Fsp3) is 0.600. The van der Waals surface area contributed by atoms with Gasteiger partial charge < -0.3 is 10.1 Å². The van der Waals surface area contributed by atoms with E-state index >= 15 is 0 Å². The van der Waals surface area contributed by atoms with Gasteiger partial charge in [0.2, 0.25) is 5.82 Å². The Morgan fingerprint density at radius 2 is 2.31 bits per heavy atom. The molecule has 1 aliphatic heterocycles. The third-order valence-electron chi connectivity index (χ3n) is 3.01. The van der Waals surface area contributed by atoms with Crippen molar-refractivity contribution in [3.8, 4) is 0 Å². The first-order valence-electron chi connectivity index (χ1n) is 5.25. The molecule has 0 radical (unpaired) electrons. The summed E-state index contributed by atoms with van der Waals surface area (Å²) in [5, 5.41) is 10.8. The second-order valence-electron chi connectivity index (χ2n) is 4.08. The van der Waals surface area contributed by atoms with E-state index in [1.54, 1.807) is 11.5 Å². The number of nitrogens with zero attached hydrogens (tertiary/aromatic N) is 3. The maximum Gasteiger partial charge on any atom is 0.385 e. The van der Waals surface area contributed by atoms with Crippen molar-refractivity contribution in [3.63, 3.8) is 0 Å². The minimum absolute atomic E-state index is 0.0383. The highest BCUT2D eigenvalue weighted by atomic mass is 16.6. The van der Waals surface area contributed by atoms with Gasteiger partial charge >= 0.3 is 5.82 Å². The SMILES string of the molecule is CC(=O)C1CCCc2c([N+](=O)[O-])nc(C)n21. The molecule has 0 saturated heterocycles. The van der Waals surface area contributed by atoms with Crippen LogP contribution in [0, 0.1) is 17.0 Å². The van der Waals surface area contributed by atoms with E-state index in [1.807, 2.05) is 0 Å². The van der Waals surface area contributed by atoms with Gasteiger partial charge in [0.15, 0.2) is 5.78 Å². The molecular weight excluding hydrogens is 210 g/mol. The summed E-state index contributed by atoms with van der Waals surface area (Å²) < 4.78 is 1.73. The van der Waals surface area contributed by atoms with Crippen LogP contribution in [0.2, 0.25) is 0 Å². The highest BCUT2D eigenvalue weighted by Gasteiger charge is 2.33. The Labute approximate surface area is 92.4 Å². The predicted molar refractivity (Wildman–Crippen MR) is 56.3 cm³/mol. The number of hydrogen-bond acceptors (Lipinski definition) is 4. The molecule has 16 heavy (non-hydrogen) atoms. The van der Waals surface area contributed by atoms with Crippen molar-refractivity contribution in [3.05, 3.63) is 21.6 Å². The first-order valence-corrected chi connectivity index (χ1v) is 5.25. The molecule has 2 heterocycles. The van der Waals surface area contributed by atoms with Gasteiger partial charge in [-0.15, -0.1) is 0 Å². The van der Waals surface area contributed by atoms with Crippen LogP contribution in [0.4, 0.5) is 5.82 Å². The second-order valence-corrected chi connectivity index (χ2v) is 4.08. The van der Waals surface area contributed by atoms with Gasteiger partial charge in [0.25, 0.3) is 0 Å². The largest absolute Gasteiger partial charge is 0.385 e. The number of aromatic nitrogens is 2. The lowest BCUT2D eigenvalue weighted by Crippen LogP contribution is -2.24. The number of aryl methyl sites for hydroxylation is 1. The summed E-state index contributed by atoms with van der Waals surface area (Å²) >= 11 is 0. The smallest absolute Gasteiger partial charge is 0.358 e. The van der Waals surface area contributed by atoms with E-state index in [4.69, 9.17) is 0 Å². The maximum atomic E-state index is 11.5. The molecule has 0 N–H and O–H groups in total. The quantitative estimate of drug-likeness (QED) is 0.563. The Morgan fingerprint density at radius 1 is 1.62 bits per heavy atom. The summed E-state index contributed by atoms with van der Waals surface area (Å²) in [6.45, 7) is 3.22. The van der Waals surface area contributed by atoms with Gasteiger partial charge in [0.05, 0.1) is 6.04 Å². The standard InChI is InChI=1S/C10H13N3O3/c1-6(14)8-4-3-5-9-10(13(15)16)11-7(2)12(8)9/h8H,3-5H2,1-2H3. The number of imidazole rings is 1. The lowest BCUT2D eigenvalue weighted by Gasteiger charge is -2.22. The summed E-state index contributed by atoms with van der Waals surface area (Å²) in [7, 11) is 0. The molecule has 6 nitrogen and oxygen atoms in total. The molecule has 1 unspecified atom stereocenters. The van der Waals surface area contributed by atoms with Gasteiger partial charge in [-0.05, 0) is 36.1 Å². The molecule has 1 atom stereocenters. The monoisotopic (exact) mass is 223 g/mol. The van der Waals surface area contributed by atoms with Crippen molar-refractivity contribution < 1.29 is 9.72 Å². The van der Waals surface area contributed by atoms with Crippen LogP contribution in [0.5, 0.6) is 0 Å². The van der Waals surface area contributed by atoms with E-state index in [1.165, 1.54) is 6.92 Å².